The Morgan fingerprint density at radius 3 is 2.35 bits per heavy atom. The molecule has 0 bridgehead atoms. The lowest BCUT2D eigenvalue weighted by atomic mass is 9.98. The van der Waals surface area contributed by atoms with Crippen LogP contribution in [0.4, 0.5) is 0 Å². The van der Waals surface area contributed by atoms with E-state index in [1.54, 1.807) is 6.92 Å². The summed E-state index contributed by atoms with van der Waals surface area (Å²) in [6.45, 7) is 1.82. The van der Waals surface area contributed by atoms with Crippen LogP contribution >= 0.6 is 0 Å². The van der Waals surface area contributed by atoms with Crippen molar-refractivity contribution in [2.75, 3.05) is 33.3 Å². The number of hydrogen-bond acceptors (Lipinski definition) is 5. The van der Waals surface area contributed by atoms with Gasteiger partial charge in [0.05, 0.1) is 12.5 Å². The fourth-order valence-electron chi connectivity index (χ4n) is 2.05. The van der Waals surface area contributed by atoms with Crippen LogP contribution in [0.5, 0.6) is 0 Å². The molecule has 0 aliphatic carbocycles. The average Bonchev–Trinajstić information content (AvgIpc) is 2.38. The fourth-order valence-corrected chi connectivity index (χ4v) is 3.39. The van der Waals surface area contributed by atoms with Crippen LogP contribution in [0.25, 0.3) is 0 Å². The molecule has 1 aliphatic rings. The first-order chi connectivity index (χ1) is 9.28. The van der Waals surface area contributed by atoms with Crippen LogP contribution in [0.15, 0.2) is 0 Å². The molecule has 20 heavy (non-hydrogen) atoms. The number of likely N-dealkylation sites (N-methyl/N-ethyl adjacent to an activating group) is 1. The molecule has 0 aromatic carbocycles. The van der Waals surface area contributed by atoms with E-state index >= 15 is 0 Å². The second-order valence-corrected chi connectivity index (χ2v) is 6.62. The lowest BCUT2D eigenvalue weighted by Gasteiger charge is -2.32. The van der Waals surface area contributed by atoms with E-state index in [9.17, 15) is 18.0 Å². The molecule has 0 unspecified atom stereocenters. The van der Waals surface area contributed by atoms with Gasteiger partial charge in [0.25, 0.3) is 10.2 Å². The van der Waals surface area contributed by atoms with Crippen LogP contribution in [0, 0.1) is 5.92 Å². The van der Waals surface area contributed by atoms with E-state index in [0.717, 1.165) is 4.31 Å². The Bertz CT molecular complexity index is 456. The molecule has 1 aliphatic heterocycles. The van der Waals surface area contributed by atoms with Gasteiger partial charge in [0.2, 0.25) is 0 Å². The molecule has 0 aromatic heterocycles. The highest BCUT2D eigenvalue weighted by atomic mass is 32.2. The molecular formula is C11H20N2O6S. The minimum atomic E-state index is -3.78. The van der Waals surface area contributed by atoms with Crippen molar-refractivity contribution in [3.8, 4) is 0 Å². The minimum Gasteiger partial charge on any atom is -0.480 e. The van der Waals surface area contributed by atoms with Gasteiger partial charge in [-0.2, -0.15) is 17.0 Å². The second kappa shape index (κ2) is 7.00. The molecule has 1 heterocycles. The molecule has 0 atom stereocenters. The SMILES string of the molecule is CCOC(=O)C1CCN(S(=O)(=O)N(C)CC(=O)O)CC1. The summed E-state index contributed by atoms with van der Waals surface area (Å²) < 4.78 is 31.1. The summed E-state index contributed by atoms with van der Waals surface area (Å²) in [6, 6.07) is 0. The van der Waals surface area contributed by atoms with E-state index in [-0.39, 0.29) is 25.0 Å². The van der Waals surface area contributed by atoms with Crippen LogP contribution in [0.2, 0.25) is 0 Å². The Hall–Kier alpha value is -1.19. The van der Waals surface area contributed by atoms with Crippen molar-refractivity contribution >= 4 is 22.1 Å². The monoisotopic (exact) mass is 308 g/mol. The van der Waals surface area contributed by atoms with Crippen molar-refractivity contribution in [1.82, 2.24) is 8.61 Å². The van der Waals surface area contributed by atoms with Crippen LogP contribution in [-0.2, 0) is 24.5 Å². The van der Waals surface area contributed by atoms with Crippen molar-refractivity contribution in [3.63, 3.8) is 0 Å². The van der Waals surface area contributed by atoms with E-state index in [1.807, 2.05) is 0 Å². The number of carbonyl (C=O) groups is 2. The Morgan fingerprint density at radius 1 is 1.35 bits per heavy atom. The predicted octanol–water partition coefficient (Wildman–Crippen LogP) is -0.477. The molecule has 1 fully saturated rings. The number of esters is 1. The van der Waals surface area contributed by atoms with Gasteiger partial charge in [-0.1, -0.05) is 0 Å². The van der Waals surface area contributed by atoms with Crippen molar-refractivity contribution in [2.45, 2.75) is 19.8 Å². The lowest BCUT2D eigenvalue weighted by Crippen LogP contribution is -2.47. The van der Waals surface area contributed by atoms with Crippen molar-refractivity contribution in [3.05, 3.63) is 0 Å². The molecule has 116 valence electrons. The van der Waals surface area contributed by atoms with E-state index < -0.39 is 22.7 Å². The average molecular weight is 308 g/mol. The lowest BCUT2D eigenvalue weighted by molar-refractivity contribution is -0.149. The summed E-state index contributed by atoms with van der Waals surface area (Å²) in [5.41, 5.74) is 0. The summed E-state index contributed by atoms with van der Waals surface area (Å²) >= 11 is 0. The molecule has 0 aromatic rings. The summed E-state index contributed by atoms with van der Waals surface area (Å²) in [6.07, 6.45) is 0.776. The van der Waals surface area contributed by atoms with Gasteiger partial charge >= 0.3 is 11.9 Å². The predicted molar refractivity (Wildman–Crippen MR) is 70.1 cm³/mol. The third-order valence-corrected chi connectivity index (χ3v) is 5.09. The maximum absolute atomic E-state index is 12.1. The number of ether oxygens (including phenoxy) is 1. The topological polar surface area (TPSA) is 104 Å². The Kier molecular flexibility index (Phi) is 5.90. The highest BCUT2D eigenvalue weighted by molar-refractivity contribution is 7.86. The van der Waals surface area contributed by atoms with Crippen LogP contribution < -0.4 is 0 Å². The molecule has 1 saturated heterocycles. The molecular weight excluding hydrogens is 288 g/mol. The highest BCUT2D eigenvalue weighted by Gasteiger charge is 2.34. The Balaban J connectivity index is 2.60. The molecule has 0 radical (unpaired) electrons. The van der Waals surface area contributed by atoms with E-state index in [0.29, 0.717) is 19.4 Å². The molecule has 0 spiro atoms. The maximum atomic E-state index is 12.1. The summed E-state index contributed by atoms with van der Waals surface area (Å²) in [5.74, 6) is -1.80. The van der Waals surface area contributed by atoms with Gasteiger partial charge < -0.3 is 9.84 Å². The first-order valence-corrected chi connectivity index (χ1v) is 7.78. The number of carboxylic acids is 1. The van der Waals surface area contributed by atoms with Crippen molar-refractivity contribution < 1.29 is 27.9 Å². The van der Waals surface area contributed by atoms with Gasteiger partial charge in [0, 0.05) is 20.1 Å². The summed E-state index contributed by atoms with van der Waals surface area (Å²) in [5, 5.41) is 8.63. The van der Waals surface area contributed by atoms with Gasteiger partial charge in [-0.05, 0) is 19.8 Å². The Labute approximate surface area is 118 Å². The quantitative estimate of drug-likeness (QED) is 0.665. The molecule has 8 nitrogen and oxygen atoms in total. The van der Waals surface area contributed by atoms with Gasteiger partial charge in [-0.15, -0.1) is 0 Å². The number of carbonyl (C=O) groups excluding carboxylic acids is 1. The standard InChI is InChI=1S/C11H20N2O6S/c1-3-19-11(16)9-4-6-13(7-5-9)20(17,18)12(2)8-10(14)15/h9H,3-8H2,1-2H3,(H,14,15). The van der Waals surface area contributed by atoms with E-state index in [2.05, 4.69) is 0 Å². The smallest absolute Gasteiger partial charge is 0.318 e. The first-order valence-electron chi connectivity index (χ1n) is 6.38. The largest absolute Gasteiger partial charge is 0.480 e. The molecule has 1 N–H and O–H groups in total. The Morgan fingerprint density at radius 2 is 1.90 bits per heavy atom. The zero-order valence-corrected chi connectivity index (χ0v) is 12.4. The fraction of sp³-hybridized carbons (Fsp3) is 0.818. The van der Waals surface area contributed by atoms with Crippen LogP contribution in [0.1, 0.15) is 19.8 Å². The maximum Gasteiger partial charge on any atom is 0.318 e. The molecule has 0 amide bonds. The van der Waals surface area contributed by atoms with Gasteiger partial charge in [-0.3, -0.25) is 9.59 Å². The van der Waals surface area contributed by atoms with Gasteiger partial charge in [-0.25, -0.2) is 0 Å². The highest BCUT2D eigenvalue weighted by Crippen LogP contribution is 2.21. The van der Waals surface area contributed by atoms with E-state index in [4.69, 9.17) is 9.84 Å². The minimum absolute atomic E-state index is 0.190. The molecule has 1 rings (SSSR count). The number of aliphatic carboxylic acids is 1. The number of rotatable bonds is 6. The summed E-state index contributed by atoms with van der Waals surface area (Å²) in [7, 11) is -2.56. The number of nitrogens with zero attached hydrogens (tertiary/aromatic N) is 2. The summed E-state index contributed by atoms with van der Waals surface area (Å²) in [4.78, 5) is 22.1. The number of carboxylic acid groups (broad SMARTS) is 1. The first kappa shape index (κ1) is 16.9. The molecule has 0 saturated carbocycles. The van der Waals surface area contributed by atoms with Crippen LogP contribution in [-0.4, -0.2) is 67.4 Å². The van der Waals surface area contributed by atoms with E-state index in [1.165, 1.54) is 11.4 Å². The zero-order chi connectivity index (χ0) is 15.3. The number of hydrogen-bond donors (Lipinski definition) is 1. The van der Waals surface area contributed by atoms with Gasteiger partial charge in [0.1, 0.15) is 6.54 Å². The third-order valence-electron chi connectivity index (χ3n) is 3.15. The molecule has 9 heteroatoms. The number of piperidine rings is 1. The third kappa shape index (κ3) is 4.15. The van der Waals surface area contributed by atoms with Gasteiger partial charge in [0.15, 0.2) is 0 Å². The normalized spacial score (nSPS) is 18.1. The van der Waals surface area contributed by atoms with Crippen molar-refractivity contribution in [2.24, 2.45) is 5.92 Å². The second-order valence-electron chi connectivity index (χ2n) is 4.58. The zero-order valence-electron chi connectivity index (χ0n) is 11.6. The van der Waals surface area contributed by atoms with Crippen LogP contribution in [0.3, 0.4) is 0 Å². The van der Waals surface area contributed by atoms with Crippen molar-refractivity contribution in [1.29, 1.82) is 0 Å².